The quantitative estimate of drug-likeness (QED) is 0.841. The van der Waals surface area contributed by atoms with E-state index in [-0.39, 0.29) is 17.7 Å². The molecule has 1 heterocycles. The molecule has 2 nitrogen and oxygen atoms in total. The smallest absolute Gasteiger partial charge is 0.129 e. The topological polar surface area (TPSA) is 23.3 Å². The Morgan fingerprint density at radius 3 is 1.86 bits per heavy atom. The first-order chi connectivity index (χ1) is 10.8. The lowest BCUT2D eigenvalue weighted by Gasteiger charge is -2.28. The van der Waals surface area contributed by atoms with Crippen molar-refractivity contribution in [2.45, 2.75) is 25.0 Å². The zero-order chi connectivity index (χ0) is 15.4. The molecule has 4 heteroatoms. The molecule has 1 aliphatic rings. The molecule has 1 aliphatic heterocycles. The van der Waals surface area contributed by atoms with Gasteiger partial charge in [-0.25, -0.2) is 14.1 Å². The van der Waals surface area contributed by atoms with E-state index in [9.17, 15) is 8.78 Å². The summed E-state index contributed by atoms with van der Waals surface area (Å²) in [6.07, 6.45) is 0.825. The molecule has 3 rings (SSSR count). The van der Waals surface area contributed by atoms with E-state index in [1.807, 2.05) is 0 Å². The molecule has 0 aromatic heterocycles. The number of piperidine rings is 1. The molecular weight excluding hydrogens is 284 g/mol. The van der Waals surface area contributed by atoms with Gasteiger partial charge in [0.25, 0.3) is 0 Å². The summed E-state index contributed by atoms with van der Waals surface area (Å²) >= 11 is 0. The van der Waals surface area contributed by atoms with Crippen LogP contribution in [-0.4, -0.2) is 19.2 Å². The lowest BCUT2D eigenvalue weighted by Crippen LogP contribution is -2.30. The molecule has 115 valence electrons. The van der Waals surface area contributed by atoms with Gasteiger partial charge in [-0.1, -0.05) is 36.4 Å². The van der Waals surface area contributed by atoms with Crippen molar-refractivity contribution in [3.8, 4) is 0 Å². The van der Waals surface area contributed by atoms with Crippen molar-refractivity contribution in [1.29, 1.82) is 0 Å². The summed E-state index contributed by atoms with van der Waals surface area (Å²) in [6.45, 7) is 1.48. The number of hydrogen-bond acceptors (Lipinski definition) is 1. The van der Waals surface area contributed by atoms with Gasteiger partial charge in [-0.3, -0.25) is 0 Å². The van der Waals surface area contributed by atoms with Crippen molar-refractivity contribution >= 4 is 0 Å². The number of hydrogen-bond donors (Lipinski definition) is 0. The second-order valence-electron chi connectivity index (χ2n) is 5.43. The molecule has 22 heavy (non-hydrogen) atoms. The number of nitrogens with zero attached hydrogens (tertiary/aromatic N) is 1. The molecule has 0 saturated carbocycles. The van der Waals surface area contributed by atoms with E-state index >= 15 is 0 Å². The molecule has 0 spiro atoms. The first-order valence-corrected chi connectivity index (χ1v) is 7.53. The fourth-order valence-electron chi connectivity index (χ4n) is 2.74. The summed E-state index contributed by atoms with van der Waals surface area (Å²) in [5.74, 6) is -0.757. The van der Waals surface area contributed by atoms with Gasteiger partial charge in [-0.15, -0.1) is 0 Å². The fourth-order valence-corrected chi connectivity index (χ4v) is 2.74. The summed E-state index contributed by atoms with van der Waals surface area (Å²) in [7, 11) is 0. The summed E-state index contributed by atoms with van der Waals surface area (Å²) < 4.78 is 34.5. The number of ether oxygens (including phenoxy) is 1. The third-order valence-corrected chi connectivity index (χ3v) is 3.92. The van der Waals surface area contributed by atoms with Crippen molar-refractivity contribution in [2.75, 3.05) is 13.1 Å². The van der Waals surface area contributed by atoms with Crippen molar-refractivity contribution in [3.05, 3.63) is 71.3 Å². The maximum Gasteiger partial charge on any atom is 0.129 e. The molecule has 0 unspecified atom stereocenters. The normalized spacial score (nSPS) is 16.1. The molecule has 1 radical (unpaired) electrons. The molecule has 2 aromatic carbocycles. The molecule has 0 N–H and O–H groups in total. The second-order valence-corrected chi connectivity index (χ2v) is 5.43. The van der Waals surface area contributed by atoms with Gasteiger partial charge in [0.15, 0.2) is 0 Å². The predicted octanol–water partition coefficient (Wildman–Crippen LogP) is 3.84. The largest absolute Gasteiger partial charge is 0.365 e. The Kier molecular flexibility index (Phi) is 4.80. The SMILES string of the molecule is Fc1ccccc1C(OC1CC[N]CC1)c1ccccc1F. The highest BCUT2D eigenvalue weighted by molar-refractivity contribution is 5.32. The lowest BCUT2D eigenvalue weighted by atomic mass is 9.99. The maximum absolute atomic E-state index is 14.2. The van der Waals surface area contributed by atoms with Crippen LogP contribution < -0.4 is 5.32 Å². The highest BCUT2D eigenvalue weighted by atomic mass is 19.1. The van der Waals surface area contributed by atoms with Crippen LogP contribution in [0.25, 0.3) is 0 Å². The van der Waals surface area contributed by atoms with Gasteiger partial charge in [0.1, 0.15) is 17.7 Å². The lowest BCUT2D eigenvalue weighted by molar-refractivity contribution is -0.0114. The van der Waals surface area contributed by atoms with Gasteiger partial charge >= 0.3 is 0 Å². The van der Waals surface area contributed by atoms with Crippen molar-refractivity contribution in [1.82, 2.24) is 5.32 Å². The van der Waals surface area contributed by atoms with E-state index in [0.717, 1.165) is 25.9 Å². The van der Waals surface area contributed by atoms with E-state index in [1.54, 1.807) is 36.4 Å². The fraction of sp³-hybridized carbons (Fsp3) is 0.333. The highest BCUT2D eigenvalue weighted by Gasteiger charge is 2.26. The average Bonchev–Trinajstić information content (AvgIpc) is 2.55. The van der Waals surface area contributed by atoms with Crippen molar-refractivity contribution < 1.29 is 13.5 Å². The Morgan fingerprint density at radius 2 is 1.36 bits per heavy atom. The van der Waals surface area contributed by atoms with E-state index in [4.69, 9.17) is 4.74 Å². The summed E-state index contributed by atoms with van der Waals surface area (Å²) in [6, 6.07) is 12.8. The Morgan fingerprint density at radius 1 is 0.864 bits per heavy atom. The Hall–Kier alpha value is -1.78. The van der Waals surface area contributed by atoms with Gasteiger partial charge in [0.2, 0.25) is 0 Å². The standard InChI is InChI=1S/C18H18F2NO/c19-16-7-3-1-5-14(16)18(15-6-2-4-8-17(15)20)22-13-9-11-21-12-10-13/h1-8,13,18H,9-12H2. The monoisotopic (exact) mass is 302 g/mol. The Bertz CT molecular complexity index is 580. The van der Waals surface area contributed by atoms with Gasteiger partial charge < -0.3 is 4.74 Å². The first kappa shape index (κ1) is 15.1. The van der Waals surface area contributed by atoms with Crippen LogP contribution in [0.5, 0.6) is 0 Å². The number of halogens is 2. The van der Waals surface area contributed by atoms with Gasteiger partial charge in [0.05, 0.1) is 6.10 Å². The third kappa shape index (κ3) is 3.34. The minimum absolute atomic E-state index is 0.0262. The molecule has 2 aromatic rings. The van der Waals surface area contributed by atoms with Gasteiger partial charge in [-0.2, -0.15) is 0 Å². The van der Waals surface area contributed by atoms with Crippen molar-refractivity contribution in [2.24, 2.45) is 0 Å². The minimum Gasteiger partial charge on any atom is -0.365 e. The predicted molar refractivity (Wildman–Crippen MR) is 80.6 cm³/mol. The second kappa shape index (κ2) is 6.99. The van der Waals surface area contributed by atoms with E-state index in [2.05, 4.69) is 5.32 Å². The van der Waals surface area contributed by atoms with E-state index < -0.39 is 6.10 Å². The first-order valence-electron chi connectivity index (χ1n) is 7.53. The summed E-state index contributed by atoms with van der Waals surface area (Å²) in [5.41, 5.74) is 0.741. The molecule has 0 bridgehead atoms. The third-order valence-electron chi connectivity index (χ3n) is 3.92. The Balaban J connectivity index is 1.95. The Labute approximate surface area is 129 Å². The summed E-state index contributed by atoms with van der Waals surface area (Å²) in [5, 5.41) is 4.29. The summed E-state index contributed by atoms with van der Waals surface area (Å²) in [4.78, 5) is 0. The molecular formula is C18H18F2NO. The number of benzene rings is 2. The molecule has 0 atom stereocenters. The highest BCUT2D eigenvalue weighted by Crippen LogP contribution is 2.32. The zero-order valence-electron chi connectivity index (χ0n) is 12.2. The zero-order valence-corrected chi connectivity index (χ0v) is 12.2. The van der Waals surface area contributed by atoms with Crippen LogP contribution in [0.4, 0.5) is 8.78 Å². The van der Waals surface area contributed by atoms with Crippen molar-refractivity contribution in [3.63, 3.8) is 0 Å². The maximum atomic E-state index is 14.2. The molecule has 1 fully saturated rings. The van der Waals surface area contributed by atoms with Crippen LogP contribution in [0.2, 0.25) is 0 Å². The molecule has 0 amide bonds. The molecule has 1 saturated heterocycles. The van der Waals surface area contributed by atoms with Gasteiger partial charge in [0, 0.05) is 24.2 Å². The van der Waals surface area contributed by atoms with Gasteiger partial charge in [-0.05, 0) is 25.0 Å². The minimum atomic E-state index is -0.731. The number of rotatable bonds is 4. The van der Waals surface area contributed by atoms with E-state index in [1.165, 1.54) is 12.1 Å². The van der Waals surface area contributed by atoms with Crippen LogP contribution in [0.1, 0.15) is 30.1 Å². The van der Waals surface area contributed by atoms with E-state index in [0.29, 0.717) is 11.1 Å². The van der Waals surface area contributed by atoms with Crippen LogP contribution in [-0.2, 0) is 4.74 Å². The average molecular weight is 302 g/mol. The van der Waals surface area contributed by atoms with Crippen LogP contribution >= 0.6 is 0 Å². The van der Waals surface area contributed by atoms with Crippen LogP contribution in [0.15, 0.2) is 48.5 Å². The van der Waals surface area contributed by atoms with Crippen LogP contribution in [0.3, 0.4) is 0 Å². The van der Waals surface area contributed by atoms with Crippen LogP contribution in [0, 0.1) is 11.6 Å². The molecule has 0 aliphatic carbocycles.